The van der Waals surface area contributed by atoms with Crippen LogP contribution >= 0.6 is 0 Å². The largest absolute Gasteiger partial charge is 0.457 e. The topological polar surface area (TPSA) is 61.9 Å². The van der Waals surface area contributed by atoms with Crippen LogP contribution in [-0.2, 0) is 9.59 Å². The highest BCUT2D eigenvalue weighted by Crippen LogP contribution is 2.23. The number of hydrogen-bond acceptors (Lipinski definition) is 4. The molecule has 0 radical (unpaired) electrons. The van der Waals surface area contributed by atoms with Crippen LogP contribution in [0.15, 0.2) is 54.6 Å². The van der Waals surface area contributed by atoms with Crippen molar-refractivity contribution >= 4 is 17.5 Å². The quantitative estimate of drug-likeness (QED) is 0.897. The fraction of sp³-hybridized carbons (Fsp3) is 0.300. The molecule has 26 heavy (non-hydrogen) atoms. The van der Waals surface area contributed by atoms with Crippen molar-refractivity contribution in [1.29, 1.82) is 0 Å². The summed E-state index contributed by atoms with van der Waals surface area (Å²) in [6.45, 7) is 4.66. The molecule has 136 valence electrons. The monoisotopic (exact) mass is 353 g/mol. The molecule has 6 nitrogen and oxygen atoms in total. The maximum atomic E-state index is 12.3. The smallest absolute Gasteiger partial charge is 0.238 e. The third kappa shape index (κ3) is 5.07. The van der Waals surface area contributed by atoms with Gasteiger partial charge in [0.15, 0.2) is 0 Å². The van der Waals surface area contributed by atoms with Crippen LogP contribution in [0, 0.1) is 0 Å². The summed E-state index contributed by atoms with van der Waals surface area (Å²) >= 11 is 0. The van der Waals surface area contributed by atoms with Gasteiger partial charge >= 0.3 is 0 Å². The molecule has 1 fully saturated rings. The Morgan fingerprint density at radius 1 is 0.962 bits per heavy atom. The Morgan fingerprint density at radius 3 is 2.35 bits per heavy atom. The molecular formula is C20H23N3O3. The molecule has 0 saturated carbocycles. The summed E-state index contributed by atoms with van der Waals surface area (Å²) in [5.41, 5.74) is 0.700. The van der Waals surface area contributed by atoms with Crippen molar-refractivity contribution in [3.63, 3.8) is 0 Å². The van der Waals surface area contributed by atoms with Gasteiger partial charge in [0.05, 0.1) is 6.54 Å². The third-order valence-electron chi connectivity index (χ3n) is 4.28. The molecule has 2 aromatic carbocycles. The van der Waals surface area contributed by atoms with E-state index in [1.807, 2.05) is 48.5 Å². The molecule has 0 unspecified atom stereocenters. The number of rotatable bonds is 5. The minimum atomic E-state index is -0.0712. The van der Waals surface area contributed by atoms with Gasteiger partial charge in [-0.05, 0) is 24.3 Å². The Balaban J connectivity index is 1.52. The third-order valence-corrected chi connectivity index (χ3v) is 4.28. The van der Waals surface area contributed by atoms with Crippen LogP contribution in [0.3, 0.4) is 0 Å². The number of carbonyl (C=O) groups excluding carboxylic acids is 2. The lowest BCUT2D eigenvalue weighted by Gasteiger charge is -2.33. The molecule has 0 aromatic heterocycles. The number of piperazine rings is 1. The molecule has 1 aliphatic rings. The number of hydrogen-bond donors (Lipinski definition) is 1. The molecule has 2 aromatic rings. The lowest BCUT2D eigenvalue weighted by Crippen LogP contribution is -2.49. The average molecular weight is 353 g/mol. The molecule has 1 heterocycles. The molecule has 0 aliphatic carbocycles. The van der Waals surface area contributed by atoms with E-state index in [0.717, 1.165) is 5.75 Å². The highest BCUT2D eigenvalue weighted by Gasteiger charge is 2.20. The second-order valence-corrected chi connectivity index (χ2v) is 6.27. The second-order valence-electron chi connectivity index (χ2n) is 6.27. The van der Waals surface area contributed by atoms with E-state index in [1.165, 1.54) is 0 Å². The fourth-order valence-corrected chi connectivity index (χ4v) is 2.89. The first kappa shape index (κ1) is 17.9. The first-order valence-electron chi connectivity index (χ1n) is 8.71. The van der Waals surface area contributed by atoms with Crippen molar-refractivity contribution in [2.45, 2.75) is 6.92 Å². The molecule has 3 rings (SSSR count). The molecule has 1 aliphatic heterocycles. The lowest BCUT2D eigenvalue weighted by atomic mass is 10.2. The zero-order valence-electron chi connectivity index (χ0n) is 14.9. The Labute approximate surface area is 153 Å². The van der Waals surface area contributed by atoms with Crippen molar-refractivity contribution in [1.82, 2.24) is 9.80 Å². The molecule has 0 spiro atoms. The van der Waals surface area contributed by atoms with Crippen LogP contribution in [0.1, 0.15) is 6.92 Å². The highest BCUT2D eigenvalue weighted by molar-refractivity contribution is 5.92. The van der Waals surface area contributed by atoms with Crippen LogP contribution in [0.25, 0.3) is 0 Å². The lowest BCUT2D eigenvalue weighted by molar-refractivity contribution is -0.130. The minimum Gasteiger partial charge on any atom is -0.457 e. The molecule has 2 amide bonds. The number of anilines is 1. The fourth-order valence-electron chi connectivity index (χ4n) is 2.89. The number of benzene rings is 2. The van der Waals surface area contributed by atoms with Gasteiger partial charge in [0, 0.05) is 44.9 Å². The summed E-state index contributed by atoms with van der Waals surface area (Å²) in [5.74, 6) is 1.44. The number of nitrogens with zero attached hydrogens (tertiary/aromatic N) is 2. The molecule has 1 saturated heterocycles. The zero-order valence-corrected chi connectivity index (χ0v) is 14.9. The zero-order chi connectivity index (χ0) is 18.4. The van der Waals surface area contributed by atoms with Crippen LogP contribution in [0.5, 0.6) is 11.5 Å². The summed E-state index contributed by atoms with van der Waals surface area (Å²) in [6.07, 6.45) is 0. The summed E-state index contributed by atoms with van der Waals surface area (Å²) < 4.78 is 5.79. The first-order valence-corrected chi connectivity index (χ1v) is 8.71. The van der Waals surface area contributed by atoms with Gasteiger partial charge in [-0.1, -0.05) is 24.3 Å². The van der Waals surface area contributed by atoms with E-state index in [4.69, 9.17) is 4.74 Å². The summed E-state index contributed by atoms with van der Waals surface area (Å²) in [6, 6.07) is 16.8. The number of nitrogens with one attached hydrogen (secondary N) is 1. The summed E-state index contributed by atoms with van der Waals surface area (Å²) in [5, 5.41) is 2.91. The van der Waals surface area contributed by atoms with Crippen molar-refractivity contribution in [2.75, 3.05) is 38.0 Å². The molecule has 0 bridgehead atoms. The number of ether oxygens (including phenoxy) is 1. The van der Waals surface area contributed by atoms with Gasteiger partial charge in [0.25, 0.3) is 0 Å². The normalized spacial score (nSPS) is 14.7. The predicted octanol–water partition coefficient (Wildman–Crippen LogP) is 2.58. The van der Waals surface area contributed by atoms with Gasteiger partial charge in [-0.25, -0.2) is 0 Å². The second kappa shape index (κ2) is 8.49. The van der Waals surface area contributed by atoms with Gasteiger partial charge in [-0.15, -0.1) is 0 Å². The number of para-hydroxylation sites is 1. The summed E-state index contributed by atoms with van der Waals surface area (Å²) in [7, 11) is 0. The Kier molecular flexibility index (Phi) is 5.86. The number of carbonyl (C=O) groups is 2. The van der Waals surface area contributed by atoms with E-state index >= 15 is 0 Å². The van der Waals surface area contributed by atoms with Crippen LogP contribution < -0.4 is 10.1 Å². The van der Waals surface area contributed by atoms with Crippen LogP contribution in [0.2, 0.25) is 0 Å². The van der Waals surface area contributed by atoms with Gasteiger partial charge in [0.2, 0.25) is 11.8 Å². The average Bonchev–Trinajstić information content (AvgIpc) is 2.63. The Hall–Kier alpha value is -2.86. The van der Waals surface area contributed by atoms with Crippen molar-refractivity contribution in [3.8, 4) is 11.5 Å². The van der Waals surface area contributed by atoms with Crippen molar-refractivity contribution < 1.29 is 14.3 Å². The van der Waals surface area contributed by atoms with Gasteiger partial charge in [-0.3, -0.25) is 14.5 Å². The van der Waals surface area contributed by atoms with Gasteiger partial charge in [0.1, 0.15) is 11.5 Å². The Bertz CT molecular complexity index is 756. The van der Waals surface area contributed by atoms with E-state index < -0.39 is 0 Å². The van der Waals surface area contributed by atoms with Gasteiger partial charge < -0.3 is 15.0 Å². The van der Waals surface area contributed by atoms with E-state index in [2.05, 4.69) is 10.2 Å². The van der Waals surface area contributed by atoms with E-state index in [-0.39, 0.29) is 11.8 Å². The summed E-state index contributed by atoms with van der Waals surface area (Å²) in [4.78, 5) is 27.5. The van der Waals surface area contributed by atoms with Crippen LogP contribution in [0.4, 0.5) is 5.69 Å². The van der Waals surface area contributed by atoms with E-state index in [0.29, 0.717) is 44.2 Å². The van der Waals surface area contributed by atoms with Crippen molar-refractivity contribution in [3.05, 3.63) is 54.6 Å². The van der Waals surface area contributed by atoms with Gasteiger partial charge in [-0.2, -0.15) is 0 Å². The molecular weight excluding hydrogens is 330 g/mol. The van der Waals surface area contributed by atoms with Crippen LogP contribution in [-0.4, -0.2) is 54.3 Å². The highest BCUT2D eigenvalue weighted by atomic mass is 16.5. The van der Waals surface area contributed by atoms with Crippen molar-refractivity contribution in [2.24, 2.45) is 0 Å². The number of amides is 2. The standard InChI is InChI=1S/C20H23N3O3/c1-16(24)23-12-10-22(11-13-23)15-20(25)21-17-6-5-9-19(14-17)26-18-7-3-2-4-8-18/h2-9,14H,10-13,15H2,1H3,(H,21,25). The maximum absolute atomic E-state index is 12.3. The molecule has 0 atom stereocenters. The Morgan fingerprint density at radius 2 is 1.65 bits per heavy atom. The molecule has 1 N–H and O–H groups in total. The minimum absolute atomic E-state index is 0.0712. The van der Waals surface area contributed by atoms with E-state index in [9.17, 15) is 9.59 Å². The maximum Gasteiger partial charge on any atom is 0.238 e. The molecule has 6 heteroatoms. The predicted molar refractivity (Wildman–Crippen MR) is 100 cm³/mol. The first-order chi connectivity index (χ1) is 12.6. The van der Waals surface area contributed by atoms with E-state index in [1.54, 1.807) is 17.9 Å². The SMILES string of the molecule is CC(=O)N1CCN(CC(=O)Nc2cccc(Oc3ccccc3)c2)CC1.